The standard InChI is InChI=1S/C15H17NO3/c17-14(18)9-13(10-5-6-10)11-3-1-2-4-12(11)15-16-7-8-19-15/h1-4,10,13H,5-9H2,(H,17,18). The summed E-state index contributed by atoms with van der Waals surface area (Å²) in [5, 5.41) is 9.12. The van der Waals surface area contributed by atoms with Crippen molar-refractivity contribution in [3.05, 3.63) is 35.4 Å². The van der Waals surface area contributed by atoms with Crippen LogP contribution in [0.25, 0.3) is 0 Å². The molecule has 1 atom stereocenters. The predicted molar refractivity (Wildman–Crippen MR) is 71.5 cm³/mol. The number of hydrogen-bond donors (Lipinski definition) is 1. The van der Waals surface area contributed by atoms with Gasteiger partial charge in [0.15, 0.2) is 0 Å². The molecule has 1 aliphatic heterocycles. The van der Waals surface area contributed by atoms with E-state index in [1.165, 1.54) is 0 Å². The van der Waals surface area contributed by atoms with Gasteiger partial charge in [0.2, 0.25) is 5.90 Å². The highest BCUT2D eigenvalue weighted by molar-refractivity contribution is 5.96. The van der Waals surface area contributed by atoms with Gasteiger partial charge >= 0.3 is 5.97 Å². The lowest BCUT2D eigenvalue weighted by Crippen LogP contribution is -2.13. The van der Waals surface area contributed by atoms with Crippen LogP contribution in [0.5, 0.6) is 0 Å². The molecule has 0 spiro atoms. The molecule has 1 heterocycles. The van der Waals surface area contributed by atoms with E-state index in [1.807, 2.05) is 24.3 Å². The molecule has 4 heteroatoms. The molecule has 0 bridgehead atoms. The Balaban J connectivity index is 1.95. The summed E-state index contributed by atoms with van der Waals surface area (Å²) in [5.41, 5.74) is 2.05. The molecule has 0 saturated heterocycles. The molecule has 4 nitrogen and oxygen atoms in total. The quantitative estimate of drug-likeness (QED) is 0.883. The highest BCUT2D eigenvalue weighted by atomic mass is 16.5. The minimum atomic E-state index is -0.735. The lowest BCUT2D eigenvalue weighted by Gasteiger charge is -2.18. The van der Waals surface area contributed by atoms with Crippen LogP contribution in [0, 0.1) is 5.92 Å². The fourth-order valence-corrected chi connectivity index (χ4v) is 2.73. The number of carboxylic acids is 1. The Morgan fingerprint density at radius 1 is 1.42 bits per heavy atom. The Kier molecular flexibility index (Phi) is 3.23. The van der Waals surface area contributed by atoms with Crippen LogP contribution in [0.3, 0.4) is 0 Å². The number of carbonyl (C=O) groups is 1. The first-order chi connectivity index (χ1) is 9.25. The van der Waals surface area contributed by atoms with Gasteiger partial charge in [0, 0.05) is 5.56 Å². The largest absolute Gasteiger partial charge is 0.481 e. The second-order valence-electron chi connectivity index (χ2n) is 5.16. The van der Waals surface area contributed by atoms with Gasteiger partial charge in [0.05, 0.1) is 13.0 Å². The van der Waals surface area contributed by atoms with E-state index < -0.39 is 5.97 Å². The molecule has 1 fully saturated rings. The Morgan fingerprint density at radius 2 is 2.21 bits per heavy atom. The van der Waals surface area contributed by atoms with E-state index in [2.05, 4.69) is 4.99 Å². The Morgan fingerprint density at radius 3 is 2.84 bits per heavy atom. The van der Waals surface area contributed by atoms with Crippen LogP contribution in [-0.2, 0) is 9.53 Å². The van der Waals surface area contributed by atoms with Crippen LogP contribution < -0.4 is 0 Å². The zero-order chi connectivity index (χ0) is 13.2. The molecule has 1 aromatic rings. The lowest BCUT2D eigenvalue weighted by atomic mass is 9.87. The summed E-state index contributed by atoms with van der Waals surface area (Å²) >= 11 is 0. The van der Waals surface area contributed by atoms with Gasteiger partial charge in [0.25, 0.3) is 0 Å². The summed E-state index contributed by atoms with van der Waals surface area (Å²) < 4.78 is 5.54. The van der Waals surface area contributed by atoms with E-state index in [9.17, 15) is 4.79 Å². The molecule has 1 saturated carbocycles. The van der Waals surface area contributed by atoms with Crippen molar-refractivity contribution in [2.75, 3.05) is 13.2 Å². The third-order valence-electron chi connectivity index (χ3n) is 3.76. The summed E-state index contributed by atoms with van der Waals surface area (Å²) in [6.07, 6.45) is 2.44. The molecule has 100 valence electrons. The van der Waals surface area contributed by atoms with Crippen molar-refractivity contribution in [2.24, 2.45) is 10.9 Å². The normalized spacial score (nSPS) is 19.7. The number of ether oxygens (including phenoxy) is 1. The first-order valence-electron chi connectivity index (χ1n) is 6.74. The minimum absolute atomic E-state index is 0.0839. The molecule has 0 amide bonds. The summed E-state index contributed by atoms with van der Waals surface area (Å²) in [4.78, 5) is 15.4. The SMILES string of the molecule is O=C(O)CC(c1ccccc1C1=NCCO1)C1CC1. The van der Waals surface area contributed by atoms with Gasteiger partial charge in [0.1, 0.15) is 6.61 Å². The molecule has 2 aliphatic rings. The van der Waals surface area contributed by atoms with Crippen LogP contribution in [-0.4, -0.2) is 30.1 Å². The number of nitrogens with zero attached hydrogens (tertiary/aromatic N) is 1. The maximum atomic E-state index is 11.1. The topological polar surface area (TPSA) is 58.9 Å². The molecule has 1 aromatic carbocycles. The molecular weight excluding hydrogens is 242 g/mol. The van der Waals surface area contributed by atoms with E-state index in [0.717, 1.165) is 24.0 Å². The van der Waals surface area contributed by atoms with E-state index in [-0.39, 0.29) is 12.3 Å². The van der Waals surface area contributed by atoms with E-state index in [0.29, 0.717) is 25.0 Å². The number of aliphatic imine (C=N–C) groups is 1. The molecule has 1 aliphatic carbocycles. The van der Waals surface area contributed by atoms with Crippen molar-refractivity contribution in [2.45, 2.75) is 25.2 Å². The molecular formula is C15H17NO3. The summed E-state index contributed by atoms with van der Waals surface area (Å²) in [6, 6.07) is 7.92. The average molecular weight is 259 g/mol. The summed E-state index contributed by atoms with van der Waals surface area (Å²) in [7, 11) is 0. The highest BCUT2D eigenvalue weighted by Gasteiger charge is 2.35. The van der Waals surface area contributed by atoms with Gasteiger partial charge in [-0.1, -0.05) is 18.2 Å². The molecule has 1 unspecified atom stereocenters. The molecule has 3 rings (SSSR count). The van der Waals surface area contributed by atoms with Crippen molar-refractivity contribution in [1.82, 2.24) is 0 Å². The van der Waals surface area contributed by atoms with Crippen molar-refractivity contribution < 1.29 is 14.6 Å². The summed E-state index contributed by atoms with van der Waals surface area (Å²) in [6.45, 7) is 1.31. The Hall–Kier alpha value is -1.84. The van der Waals surface area contributed by atoms with Crippen molar-refractivity contribution in [3.63, 3.8) is 0 Å². The molecule has 0 aromatic heterocycles. The second kappa shape index (κ2) is 5.03. The van der Waals surface area contributed by atoms with Crippen molar-refractivity contribution in [3.8, 4) is 0 Å². The van der Waals surface area contributed by atoms with Crippen LogP contribution in [0.4, 0.5) is 0 Å². The van der Waals surface area contributed by atoms with Gasteiger partial charge in [-0.05, 0) is 36.3 Å². The Labute approximate surface area is 112 Å². The third-order valence-corrected chi connectivity index (χ3v) is 3.76. The highest BCUT2D eigenvalue weighted by Crippen LogP contribution is 2.45. The number of hydrogen-bond acceptors (Lipinski definition) is 3. The third kappa shape index (κ3) is 2.62. The maximum absolute atomic E-state index is 11.1. The number of benzene rings is 1. The number of aliphatic carboxylic acids is 1. The van der Waals surface area contributed by atoms with Gasteiger partial charge in [-0.3, -0.25) is 4.79 Å². The van der Waals surface area contributed by atoms with E-state index in [1.54, 1.807) is 0 Å². The van der Waals surface area contributed by atoms with Gasteiger partial charge in [-0.2, -0.15) is 0 Å². The monoisotopic (exact) mass is 259 g/mol. The van der Waals surface area contributed by atoms with Crippen LogP contribution in [0.1, 0.15) is 36.3 Å². The first kappa shape index (κ1) is 12.2. The van der Waals surface area contributed by atoms with Gasteiger partial charge in [-0.15, -0.1) is 0 Å². The summed E-state index contributed by atoms with van der Waals surface area (Å²) in [5.74, 6) is 0.521. The average Bonchev–Trinajstić information content (AvgIpc) is 3.10. The fourth-order valence-electron chi connectivity index (χ4n) is 2.73. The van der Waals surface area contributed by atoms with Gasteiger partial charge in [-0.25, -0.2) is 4.99 Å². The maximum Gasteiger partial charge on any atom is 0.303 e. The van der Waals surface area contributed by atoms with Crippen LogP contribution >= 0.6 is 0 Å². The lowest BCUT2D eigenvalue weighted by molar-refractivity contribution is -0.137. The van der Waals surface area contributed by atoms with Crippen molar-refractivity contribution >= 4 is 11.9 Å². The first-order valence-corrected chi connectivity index (χ1v) is 6.74. The Bertz CT molecular complexity index is 520. The van der Waals surface area contributed by atoms with Gasteiger partial charge < -0.3 is 9.84 Å². The number of rotatable bonds is 5. The smallest absolute Gasteiger partial charge is 0.303 e. The van der Waals surface area contributed by atoms with Crippen LogP contribution in [0.15, 0.2) is 29.3 Å². The molecule has 0 radical (unpaired) electrons. The van der Waals surface area contributed by atoms with E-state index in [4.69, 9.17) is 9.84 Å². The van der Waals surface area contributed by atoms with Crippen LogP contribution in [0.2, 0.25) is 0 Å². The molecule has 19 heavy (non-hydrogen) atoms. The van der Waals surface area contributed by atoms with Crippen molar-refractivity contribution in [1.29, 1.82) is 0 Å². The molecule has 1 N–H and O–H groups in total. The number of carboxylic acid groups (broad SMARTS) is 1. The minimum Gasteiger partial charge on any atom is -0.481 e. The zero-order valence-corrected chi connectivity index (χ0v) is 10.7. The zero-order valence-electron chi connectivity index (χ0n) is 10.7. The fraction of sp³-hybridized carbons (Fsp3) is 0.467. The predicted octanol–water partition coefficient (Wildman–Crippen LogP) is 2.43. The van der Waals surface area contributed by atoms with E-state index >= 15 is 0 Å². The second-order valence-corrected chi connectivity index (χ2v) is 5.16.